The lowest BCUT2D eigenvalue weighted by molar-refractivity contribution is 0.0490. The quantitative estimate of drug-likeness (QED) is 0.724. The minimum Gasteiger partial charge on any atom is -0.476 e. The highest BCUT2D eigenvalue weighted by atomic mass is 16.5. The van der Waals surface area contributed by atoms with E-state index in [1.54, 1.807) is 6.20 Å². The first kappa shape index (κ1) is 11.0. The molecule has 0 spiro atoms. The van der Waals surface area contributed by atoms with Crippen LogP contribution in [0.5, 0.6) is 5.88 Å². The topological polar surface area (TPSA) is 31.4 Å². The maximum Gasteiger partial charge on any atom is 0.229 e. The van der Waals surface area contributed by atoms with Crippen molar-refractivity contribution in [2.75, 3.05) is 19.8 Å². The first-order chi connectivity index (χ1) is 7.90. The van der Waals surface area contributed by atoms with Crippen molar-refractivity contribution in [1.82, 2.24) is 4.98 Å². The van der Waals surface area contributed by atoms with Crippen molar-refractivity contribution < 1.29 is 9.47 Å². The monoisotopic (exact) mass is 217 g/mol. The van der Waals surface area contributed by atoms with Gasteiger partial charge in [-0.15, -0.1) is 6.42 Å². The number of hydrogen-bond donors (Lipinski definition) is 0. The molecule has 2 rings (SSSR count). The van der Waals surface area contributed by atoms with E-state index in [1.165, 1.54) is 0 Å². The highest BCUT2D eigenvalue weighted by molar-refractivity contribution is 5.39. The summed E-state index contributed by atoms with van der Waals surface area (Å²) in [4.78, 5) is 4.14. The molecular weight excluding hydrogens is 202 g/mol. The highest BCUT2D eigenvalue weighted by Crippen LogP contribution is 2.18. The number of hydrogen-bond acceptors (Lipinski definition) is 3. The van der Waals surface area contributed by atoms with Gasteiger partial charge in [0.05, 0.1) is 12.2 Å². The summed E-state index contributed by atoms with van der Waals surface area (Å²) < 4.78 is 11.0. The fourth-order valence-corrected chi connectivity index (χ4v) is 1.73. The van der Waals surface area contributed by atoms with Gasteiger partial charge in [0, 0.05) is 19.4 Å². The molecule has 1 aromatic rings. The van der Waals surface area contributed by atoms with Crippen LogP contribution in [0, 0.1) is 18.3 Å². The third-order valence-corrected chi connectivity index (χ3v) is 2.72. The van der Waals surface area contributed by atoms with E-state index in [1.807, 2.05) is 12.1 Å². The molecule has 0 N–H and O–H groups in total. The molecule has 1 aliphatic heterocycles. The van der Waals surface area contributed by atoms with E-state index < -0.39 is 0 Å². The summed E-state index contributed by atoms with van der Waals surface area (Å²) in [5.74, 6) is 3.69. The molecule has 0 amide bonds. The Hall–Kier alpha value is -1.53. The van der Waals surface area contributed by atoms with Crippen molar-refractivity contribution >= 4 is 0 Å². The number of ether oxygens (including phenoxy) is 2. The van der Waals surface area contributed by atoms with Crippen LogP contribution in [0.25, 0.3) is 0 Å². The van der Waals surface area contributed by atoms with Crippen LogP contribution in [-0.4, -0.2) is 24.8 Å². The summed E-state index contributed by atoms with van der Waals surface area (Å²) in [7, 11) is 0. The lowest BCUT2D eigenvalue weighted by atomic mass is 10.0. The molecule has 1 aromatic heterocycles. The Morgan fingerprint density at radius 3 is 3.06 bits per heavy atom. The van der Waals surface area contributed by atoms with Crippen LogP contribution in [-0.2, 0) is 4.74 Å². The molecule has 1 aliphatic rings. The van der Waals surface area contributed by atoms with Gasteiger partial charge >= 0.3 is 0 Å². The average molecular weight is 217 g/mol. The van der Waals surface area contributed by atoms with Crippen LogP contribution in [0.3, 0.4) is 0 Å². The second-order valence-electron chi connectivity index (χ2n) is 3.87. The minimum atomic E-state index is 0.557. The van der Waals surface area contributed by atoms with Gasteiger partial charge in [0.15, 0.2) is 0 Å². The van der Waals surface area contributed by atoms with Gasteiger partial charge < -0.3 is 9.47 Å². The van der Waals surface area contributed by atoms with Gasteiger partial charge in [-0.05, 0) is 30.9 Å². The van der Waals surface area contributed by atoms with E-state index in [0.717, 1.165) is 31.6 Å². The van der Waals surface area contributed by atoms with Crippen molar-refractivity contribution in [3.63, 3.8) is 0 Å². The number of pyridine rings is 1. The average Bonchev–Trinajstić information content (AvgIpc) is 2.38. The summed E-state index contributed by atoms with van der Waals surface area (Å²) in [6.45, 7) is 2.34. The van der Waals surface area contributed by atoms with Gasteiger partial charge in [0.2, 0.25) is 5.88 Å². The number of rotatable bonds is 3. The van der Waals surface area contributed by atoms with Crippen molar-refractivity contribution in [1.29, 1.82) is 0 Å². The van der Waals surface area contributed by atoms with Crippen LogP contribution in [0.4, 0.5) is 0 Å². The molecule has 0 bridgehead atoms. The molecular formula is C13H15NO2. The zero-order chi connectivity index (χ0) is 11.2. The smallest absolute Gasteiger partial charge is 0.229 e. The summed E-state index contributed by atoms with van der Waals surface area (Å²) >= 11 is 0. The Bertz CT molecular complexity index is 378. The summed E-state index contributed by atoms with van der Waals surface area (Å²) in [6, 6.07) is 3.66. The van der Waals surface area contributed by atoms with Crippen LogP contribution in [0.1, 0.15) is 18.4 Å². The second-order valence-corrected chi connectivity index (χ2v) is 3.87. The van der Waals surface area contributed by atoms with Crippen molar-refractivity contribution in [2.45, 2.75) is 12.8 Å². The second kappa shape index (κ2) is 5.53. The zero-order valence-electron chi connectivity index (χ0n) is 9.19. The Kier molecular flexibility index (Phi) is 3.79. The van der Waals surface area contributed by atoms with Crippen LogP contribution in [0.15, 0.2) is 18.3 Å². The van der Waals surface area contributed by atoms with E-state index in [-0.39, 0.29) is 0 Å². The molecule has 1 saturated heterocycles. The van der Waals surface area contributed by atoms with E-state index in [2.05, 4.69) is 10.9 Å². The molecule has 1 fully saturated rings. The van der Waals surface area contributed by atoms with E-state index >= 15 is 0 Å². The minimum absolute atomic E-state index is 0.557. The van der Waals surface area contributed by atoms with Crippen LogP contribution in [0.2, 0.25) is 0 Å². The fraction of sp³-hybridized carbons (Fsp3) is 0.462. The Morgan fingerprint density at radius 1 is 1.50 bits per heavy atom. The molecule has 3 nitrogen and oxygen atoms in total. The summed E-state index contributed by atoms with van der Waals surface area (Å²) in [5.41, 5.74) is 0.717. The van der Waals surface area contributed by atoms with Gasteiger partial charge in [-0.3, -0.25) is 0 Å². The highest BCUT2D eigenvalue weighted by Gasteiger charge is 2.15. The Labute approximate surface area is 95.8 Å². The molecule has 0 radical (unpaired) electrons. The standard InChI is InChI=1S/C13H15NO2/c1-2-12-4-3-7-14-13(12)16-10-11-5-8-15-9-6-11/h1,3-4,7,11H,5-6,8-10H2. The van der Waals surface area contributed by atoms with Gasteiger partial charge in [0.25, 0.3) is 0 Å². The third kappa shape index (κ3) is 2.74. The zero-order valence-corrected chi connectivity index (χ0v) is 9.19. The number of terminal acetylenes is 1. The van der Waals surface area contributed by atoms with E-state index in [9.17, 15) is 0 Å². The van der Waals surface area contributed by atoms with Gasteiger partial charge in [0.1, 0.15) is 0 Å². The Balaban J connectivity index is 1.91. The number of aromatic nitrogens is 1. The van der Waals surface area contributed by atoms with Crippen LogP contribution < -0.4 is 4.74 Å². The molecule has 2 heterocycles. The number of nitrogens with zero attached hydrogens (tertiary/aromatic N) is 1. The molecule has 0 aromatic carbocycles. The first-order valence-electron chi connectivity index (χ1n) is 5.52. The van der Waals surface area contributed by atoms with E-state index in [4.69, 9.17) is 15.9 Å². The fourth-order valence-electron chi connectivity index (χ4n) is 1.73. The van der Waals surface area contributed by atoms with Crippen molar-refractivity contribution in [2.24, 2.45) is 5.92 Å². The lowest BCUT2D eigenvalue weighted by Gasteiger charge is -2.21. The van der Waals surface area contributed by atoms with Crippen molar-refractivity contribution in [3.05, 3.63) is 23.9 Å². The lowest BCUT2D eigenvalue weighted by Crippen LogP contribution is -2.21. The first-order valence-corrected chi connectivity index (χ1v) is 5.52. The molecule has 16 heavy (non-hydrogen) atoms. The molecule has 0 saturated carbocycles. The van der Waals surface area contributed by atoms with Gasteiger partial charge in [-0.1, -0.05) is 5.92 Å². The summed E-state index contributed by atoms with van der Waals surface area (Å²) in [5, 5.41) is 0. The molecule has 84 valence electrons. The molecule has 0 unspecified atom stereocenters. The largest absolute Gasteiger partial charge is 0.476 e. The SMILES string of the molecule is C#Cc1cccnc1OCC1CCOCC1. The van der Waals surface area contributed by atoms with E-state index in [0.29, 0.717) is 18.4 Å². The Morgan fingerprint density at radius 2 is 2.31 bits per heavy atom. The molecule has 0 atom stereocenters. The van der Waals surface area contributed by atoms with Crippen LogP contribution >= 0.6 is 0 Å². The predicted molar refractivity (Wildman–Crippen MR) is 61.2 cm³/mol. The maximum absolute atomic E-state index is 5.66. The normalized spacial score (nSPS) is 16.7. The maximum atomic E-state index is 5.66. The summed E-state index contributed by atoms with van der Waals surface area (Å²) in [6.07, 6.45) is 9.17. The molecule has 0 aliphatic carbocycles. The molecule has 3 heteroatoms. The third-order valence-electron chi connectivity index (χ3n) is 2.72. The van der Waals surface area contributed by atoms with Gasteiger partial charge in [-0.25, -0.2) is 4.98 Å². The van der Waals surface area contributed by atoms with Crippen molar-refractivity contribution in [3.8, 4) is 18.2 Å². The van der Waals surface area contributed by atoms with Gasteiger partial charge in [-0.2, -0.15) is 0 Å². The predicted octanol–water partition coefficient (Wildman–Crippen LogP) is 1.87.